The van der Waals surface area contributed by atoms with Gasteiger partial charge in [0.2, 0.25) is 0 Å². The molecule has 0 amide bonds. The highest BCUT2D eigenvalue weighted by Gasteiger charge is 2.14. The Hall–Kier alpha value is -2.36. The first-order valence-corrected chi connectivity index (χ1v) is 6.79. The highest BCUT2D eigenvalue weighted by molar-refractivity contribution is 5.79. The van der Waals surface area contributed by atoms with Crippen LogP contribution in [0.15, 0.2) is 42.7 Å². The molecule has 0 unspecified atom stereocenters. The molecule has 2 N–H and O–H groups in total. The number of pyridine rings is 1. The average Bonchev–Trinajstić information content (AvgIpc) is 2.78. The first kappa shape index (κ1) is 12.7. The van der Waals surface area contributed by atoms with E-state index in [1.54, 1.807) is 6.20 Å². The predicted octanol–water partition coefficient (Wildman–Crippen LogP) is 3.19. The van der Waals surface area contributed by atoms with Gasteiger partial charge in [0.1, 0.15) is 5.82 Å². The summed E-state index contributed by atoms with van der Waals surface area (Å²) in [6, 6.07) is 9.94. The smallest absolute Gasteiger partial charge is 0.112 e. The number of aromatic nitrogens is 3. The topological polar surface area (TPSA) is 56.7 Å². The van der Waals surface area contributed by atoms with Crippen LogP contribution in [0.2, 0.25) is 0 Å². The van der Waals surface area contributed by atoms with Crippen LogP contribution in [-0.4, -0.2) is 14.5 Å². The number of imidazole rings is 1. The molecule has 3 rings (SSSR count). The Morgan fingerprint density at radius 2 is 2.10 bits per heavy atom. The van der Waals surface area contributed by atoms with E-state index >= 15 is 0 Å². The van der Waals surface area contributed by atoms with E-state index in [4.69, 9.17) is 10.7 Å². The minimum absolute atomic E-state index is 0.361. The molecule has 4 heteroatoms. The van der Waals surface area contributed by atoms with Crippen LogP contribution in [0.4, 0.5) is 5.69 Å². The maximum Gasteiger partial charge on any atom is 0.112 e. The molecular weight excluding hydrogens is 248 g/mol. The van der Waals surface area contributed by atoms with Gasteiger partial charge >= 0.3 is 0 Å². The lowest BCUT2D eigenvalue weighted by molar-refractivity contribution is 0.682. The number of nitrogen functional groups attached to an aromatic ring is 1. The van der Waals surface area contributed by atoms with Gasteiger partial charge in [-0.3, -0.25) is 4.98 Å². The zero-order valence-corrected chi connectivity index (χ0v) is 11.7. The van der Waals surface area contributed by atoms with Gasteiger partial charge in [0.05, 0.1) is 17.6 Å². The minimum atomic E-state index is 0.361. The molecule has 0 saturated carbocycles. The van der Waals surface area contributed by atoms with E-state index in [-0.39, 0.29) is 0 Å². The molecule has 0 saturated heterocycles. The van der Waals surface area contributed by atoms with Crippen molar-refractivity contribution in [2.45, 2.75) is 26.3 Å². The number of nitrogens with two attached hydrogens (primary N) is 1. The van der Waals surface area contributed by atoms with Gasteiger partial charge in [-0.15, -0.1) is 0 Å². The zero-order chi connectivity index (χ0) is 14.1. The highest BCUT2D eigenvalue weighted by atomic mass is 15.1. The van der Waals surface area contributed by atoms with E-state index in [1.165, 1.54) is 5.56 Å². The van der Waals surface area contributed by atoms with E-state index < -0.39 is 0 Å². The van der Waals surface area contributed by atoms with Crippen molar-refractivity contribution < 1.29 is 0 Å². The monoisotopic (exact) mass is 266 g/mol. The summed E-state index contributed by atoms with van der Waals surface area (Å²) in [5.74, 6) is 1.44. The number of hydrogen-bond donors (Lipinski definition) is 1. The Morgan fingerprint density at radius 3 is 2.80 bits per heavy atom. The molecule has 20 heavy (non-hydrogen) atoms. The molecule has 0 bridgehead atoms. The Kier molecular flexibility index (Phi) is 3.14. The predicted molar refractivity (Wildman–Crippen MR) is 81.6 cm³/mol. The second-order valence-corrected chi connectivity index (χ2v) is 5.32. The molecule has 0 aliphatic heterocycles. The Morgan fingerprint density at radius 1 is 1.25 bits per heavy atom. The summed E-state index contributed by atoms with van der Waals surface area (Å²) in [7, 11) is 0. The van der Waals surface area contributed by atoms with Gasteiger partial charge < -0.3 is 10.3 Å². The summed E-state index contributed by atoms with van der Waals surface area (Å²) in [5, 5.41) is 0. The zero-order valence-electron chi connectivity index (χ0n) is 11.7. The molecule has 4 nitrogen and oxygen atoms in total. The molecule has 0 aliphatic rings. The van der Waals surface area contributed by atoms with Crippen molar-refractivity contribution in [1.82, 2.24) is 14.5 Å². The van der Waals surface area contributed by atoms with Crippen molar-refractivity contribution in [3.63, 3.8) is 0 Å². The fraction of sp³-hybridized carbons (Fsp3) is 0.250. The molecule has 0 radical (unpaired) electrons. The van der Waals surface area contributed by atoms with Crippen molar-refractivity contribution in [3.05, 3.63) is 54.1 Å². The quantitative estimate of drug-likeness (QED) is 0.741. The largest absolute Gasteiger partial charge is 0.399 e. The summed E-state index contributed by atoms with van der Waals surface area (Å²) in [4.78, 5) is 8.91. The van der Waals surface area contributed by atoms with Gasteiger partial charge in [-0.05, 0) is 29.8 Å². The summed E-state index contributed by atoms with van der Waals surface area (Å²) in [6.45, 7) is 5.09. The lowest BCUT2D eigenvalue weighted by Crippen LogP contribution is -2.06. The molecular formula is C16H18N4. The number of nitrogens with zero attached hydrogens (tertiary/aromatic N) is 3. The number of rotatable bonds is 3. The van der Waals surface area contributed by atoms with Gasteiger partial charge in [-0.25, -0.2) is 4.98 Å². The third-order valence-electron chi connectivity index (χ3n) is 3.38. The average molecular weight is 266 g/mol. The van der Waals surface area contributed by atoms with Crippen molar-refractivity contribution in [2.75, 3.05) is 5.73 Å². The fourth-order valence-corrected chi connectivity index (χ4v) is 2.45. The van der Waals surface area contributed by atoms with Gasteiger partial charge in [-0.2, -0.15) is 0 Å². The van der Waals surface area contributed by atoms with Crippen molar-refractivity contribution in [2.24, 2.45) is 0 Å². The van der Waals surface area contributed by atoms with Gasteiger partial charge in [0.25, 0.3) is 0 Å². The second kappa shape index (κ2) is 4.96. The number of benzene rings is 1. The van der Waals surface area contributed by atoms with E-state index in [0.717, 1.165) is 29.1 Å². The Labute approximate surface area is 118 Å². The maximum atomic E-state index is 5.85. The van der Waals surface area contributed by atoms with E-state index in [2.05, 4.69) is 29.5 Å². The summed E-state index contributed by atoms with van der Waals surface area (Å²) >= 11 is 0. The van der Waals surface area contributed by atoms with Crippen LogP contribution >= 0.6 is 0 Å². The number of fused-ring (bicyclic) bond motifs is 1. The fourth-order valence-electron chi connectivity index (χ4n) is 2.45. The lowest BCUT2D eigenvalue weighted by Gasteiger charge is -2.11. The SMILES string of the molecule is CC(C)c1nc2cc(N)ccc2n1Cc1cccnc1. The van der Waals surface area contributed by atoms with Crippen molar-refractivity contribution >= 4 is 16.7 Å². The Bertz CT molecular complexity index is 729. The number of anilines is 1. The van der Waals surface area contributed by atoms with Crippen molar-refractivity contribution in [3.8, 4) is 0 Å². The summed E-state index contributed by atoms with van der Waals surface area (Å²) in [6.07, 6.45) is 3.69. The van der Waals surface area contributed by atoms with Crippen LogP contribution < -0.4 is 5.73 Å². The molecule has 0 aliphatic carbocycles. The van der Waals surface area contributed by atoms with E-state index in [0.29, 0.717) is 5.92 Å². The van der Waals surface area contributed by atoms with Gasteiger partial charge in [-0.1, -0.05) is 19.9 Å². The van der Waals surface area contributed by atoms with Crippen LogP contribution in [0.1, 0.15) is 31.2 Å². The van der Waals surface area contributed by atoms with E-state index in [9.17, 15) is 0 Å². The summed E-state index contributed by atoms with van der Waals surface area (Å²) in [5.41, 5.74) is 9.85. The van der Waals surface area contributed by atoms with Crippen LogP contribution in [-0.2, 0) is 6.54 Å². The van der Waals surface area contributed by atoms with Gasteiger partial charge in [0, 0.05) is 24.0 Å². The highest BCUT2D eigenvalue weighted by Crippen LogP contribution is 2.24. The first-order valence-electron chi connectivity index (χ1n) is 6.79. The number of hydrogen-bond acceptors (Lipinski definition) is 3. The molecule has 0 atom stereocenters. The molecule has 1 aromatic carbocycles. The standard InChI is InChI=1S/C16H18N4/c1-11(2)16-19-14-8-13(17)5-6-15(14)20(16)10-12-4-3-7-18-9-12/h3-9,11H,10,17H2,1-2H3. The minimum Gasteiger partial charge on any atom is -0.399 e. The molecule has 3 aromatic rings. The van der Waals surface area contributed by atoms with Crippen LogP contribution in [0.3, 0.4) is 0 Å². The first-order chi connectivity index (χ1) is 9.65. The van der Waals surface area contributed by atoms with E-state index in [1.807, 2.05) is 30.5 Å². The second-order valence-electron chi connectivity index (χ2n) is 5.32. The molecule has 2 aromatic heterocycles. The molecule has 0 spiro atoms. The third kappa shape index (κ3) is 2.25. The lowest BCUT2D eigenvalue weighted by atomic mass is 10.2. The van der Waals surface area contributed by atoms with Crippen LogP contribution in [0.25, 0.3) is 11.0 Å². The van der Waals surface area contributed by atoms with Crippen LogP contribution in [0.5, 0.6) is 0 Å². The van der Waals surface area contributed by atoms with Crippen molar-refractivity contribution in [1.29, 1.82) is 0 Å². The van der Waals surface area contributed by atoms with Crippen LogP contribution in [0, 0.1) is 0 Å². The third-order valence-corrected chi connectivity index (χ3v) is 3.38. The molecule has 2 heterocycles. The molecule has 0 fully saturated rings. The normalized spacial score (nSPS) is 11.3. The Balaban J connectivity index is 2.14. The summed E-state index contributed by atoms with van der Waals surface area (Å²) < 4.78 is 2.25. The maximum absolute atomic E-state index is 5.85. The molecule has 102 valence electrons. The van der Waals surface area contributed by atoms with Gasteiger partial charge in [0.15, 0.2) is 0 Å².